The molecule has 1 aliphatic heterocycles. The van der Waals surface area contributed by atoms with Gasteiger partial charge in [0.1, 0.15) is 5.75 Å². The van der Waals surface area contributed by atoms with Gasteiger partial charge in [-0.2, -0.15) is 0 Å². The molecule has 5 nitrogen and oxygen atoms in total. The molecule has 1 atom stereocenters. The van der Waals surface area contributed by atoms with Crippen molar-refractivity contribution in [2.75, 3.05) is 33.0 Å². The molecule has 1 amide bonds. The van der Waals surface area contributed by atoms with E-state index >= 15 is 0 Å². The summed E-state index contributed by atoms with van der Waals surface area (Å²) >= 11 is 5.97. The molecule has 2 rings (SSSR count). The van der Waals surface area contributed by atoms with Crippen LogP contribution in [0.3, 0.4) is 0 Å². The molecule has 19 heavy (non-hydrogen) atoms. The van der Waals surface area contributed by atoms with Crippen molar-refractivity contribution in [3.05, 3.63) is 22.7 Å². The normalized spacial score (nSPS) is 18.7. The van der Waals surface area contributed by atoms with Crippen molar-refractivity contribution in [3.63, 3.8) is 0 Å². The zero-order valence-corrected chi connectivity index (χ0v) is 11.7. The Morgan fingerprint density at radius 1 is 1.47 bits per heavy atom. The summed E-state index contributed by atoms with van der Waals surface area (Å²) in [5, 5.41) is 0.353. The molecule has 0 aliphatic carbocycles. The monoisotopic (exact) mass is 284 g/mol. The third kappa shape index (κ3) is 2.77. The van der Waals surface area contributed by atoms with Crippen molar-refractivity contribution >= 4 is 23.2 Å². The van der Waals surface area contributed by atoms with Gasteiger partial charge in [-0.25, -0.2) is 0 Å². The fourth-order valence-electron chi connectivity index (χ4n) is 2.18. The number of rotatable bonds is 3. The number of anilines is 1. The molecule has 1 saturated heterocycles. The second-order valence-electron chi connectivity index (χ2n) is 4.47. The van der Waals surface area contributed by atoms with Crippen LogP contribution in [0.15, 0.2) is 12.1 Å². The first-order chi connectivity index (χ1) is 9.06. The van der Waals surface area contributed by atoms with E-state index < -0.39 is 0 Å². The molecule has 0 spiro atoms. The first-order valence-corrected chi connectivity index (χ1v) is 6.39. The van der Waals surface area contributed by atoms with Crippen LogP contribution in [0.25, 0.3) is 0 Å². The van der Waals surface area contributed by atoms with Crippen LogP contribution in [0, 0.1) is 0 Å². The van der Waals surface area contributed by atoms with Gasteiger partial charge >= 0.3 is 0 Å². The topological polar surface area (TPSA) is 64.8 Å². The number of methoxy groups -OCH3 is 2. The first kappa shape index (κ1) is 14.0. The predicted molar refractivity (Wildman–Crippen MR) is 73.7 cm³/mol. The number of hydrogen-bond acceptors (Lipinski definition) is 4. The van der Waals surface area contributed by atoms with E-state index in [1.54, 1.807) is 24.1 Å². The maximum absolute atomic E-state index is 12.4. The molecule has 1 aromatic rings. The summed E-state index contributed by atoms with van der Waals surface area (Å²) in [5.41, 5.74) is 6.53. The molecule has 1 unspecified atom stereocenters. The number of benzene rings is 1. The Balaban J connectivity index is 2.26. The minimum Gasteiger partial charge on any atom is -0.496 e. The van der Waals surface area contributed by atoms with Crippen LogP contribution in [-0.4, -0.2) is 44.2 Å². The molecular weight excluding hydrogens is 268 g/mol. The lowest BCUT2D eigenvalue weighted by atomic mass is 10.1. The fourth-order valence-corrected chi connectivity index (χ4v) is 2.34. The molecule has 1 fully saturated rings. The summed E-state index contributed by atoms with van der Waals surface area (Å²) in [6.07, 6.45) is 0.937. The molecule has 0 aromatic heterocycles. The lowest BCUT2D eigenvalue weighted by Crippen LogP contribution is -2.30. The van der Waals surface area contributed by atoms with E-state index in [1.165, 1.54) is 7.11 Å². The number of likely N-dealkylation sites (tertiary alicyclic amines) is 1. The number of ether oxygens (including phenoxy) is 2. The van der Waals surface area contributed by atoms with Crippen molar-refractivity contribution in [2.24, 2.45) is 0 Å². The Morgan fingerprint density at radius 2 is 2.21 bits per heavy atom. The summed E-state index contributed by atoms with van der Waals surface area (Å²) in [6.45, 7) is 1.25. The summed E-state index contributed by atoms with van der Waals surface area (Å²) in [5.74, 6) is 0.325. The second-order valence-corrected chi connectivity index (χ2v) is 4.88. The molecule has 2 N–H and O–H groups in total. The number of carbonyl (C=O) groups excluding carboxylic acids is 1. The number of hydrogen-bond donors (Lipinski definition) is 1. The van der Waals surface area contributed by atoms with Gasteiger partial charge in [-0.1, -0.05) is 11.6 Å². The Bertz CT molecular complexity index is 493. The summed E-state index contributed by atoms with van der Waals surface area (Å²) in [4.78, 5) is 14.2. The van der Waals surface area contributed by atoms with E-state index in [0.29, 0.717) is 35.1 Å². The van der Waals surface area contributed by atoms with E-state index in [1.807, 2.05) is 0 Å². The van der Waals surface area contributed by atoms with E-state index in [4.69, 9.17) is 26.8 Å². The Hall–Kier alpha value is -1.46. The average Bonchev–Trinajstić information content (AvgIpc) is 2.89. The number of nitrogen functional groups attached to an aromatic ring is 1. The first-order valence-electron chi connectivity index (χ1n) is 6.02. The quantitative estimate of drug-likeness (QED) is 0.860. The summed E-state index contributed by atoms with van der Waals surface area (Å²) in [7, 11) is 3.15. The number of halogens is 1. The van der Waals surface area contributed by atoms with Crippen molar-refractivity contribution in [3.8, 4) is 5.75 Å². The predicted octanol–water partition coefficient (Wildman–Crippen LogP) is 1.79. The third-order valence-electron chi connectivity index (χ3n) is 3.31. The minimum atomic E-state index is -0.113. The van der Waals surface area contributed by atoms with Crippen molar-refractivity contribution < 1.29 is 14.3 Å². The van der Waals surface area contributed by atoms with E-state index in [9.17, 15) is 4.79 Å². The average molecular weight is 285 g/mol. The summed E-state index contributed by atoms with van der Waals surface area (Å²) < 4.78 is 10.5. The Kier molecular flexibility index (Phi) is 4.17. The van der Waals surface area contributed by atoms with Crippen LogP contribution in [0.5, 0.6) is 5.75 Å². The molecule has 0 bridgehead atoms. The van der Waals surface area contributed by atoms with Gasteiger partial charge in [0.15, 0.2) is 0 Å². The molecule has 0 saturated carbocycles. The molecule has 0 radical (unpaired) electrons. The molecule has 1 heterocycles. The van der Waals surface area contributed by atoms with Gasteiger partial charge < -0.3 is 20.1 Å². The van der Waals surface area contributed by atoms with Crippen LogP contribution >= 0.6 is 11.6 Å². The zero-order valence-electron chi connectivity index (χ0n) is 11.0. The maximum Gasteiger partial charge on any atom is 0.257 e. The van der Waals surface area contributed by atoms with Crippen molar-refractivity contribution in [1.29, 1.82) is 0 Å². The van der Waals surface area contributed by atoms with Gasteiger partial charge in [-0.3, -0.25) is 4.79 Å². The van der Waals surface area contributed by atoms with Crippen LogP contribution < -0.4 is 10.5 Å². The highest BCUT2D eigenvalue weighted by molar-refractivity contribution is 6.33. The molecule has 6 heteroatoms. The van der Waals surface area contributed by atoms with Crippen molar-refractivity contribution in [2.45, 2.75) is 12.5 Å². The lowest BCUT2D eigenvalue weighted by Gasteiger charge is -2.18. The van der Waals surface area contributed by atoms with Gasteiger partial charge in [0, 0.05) is 26.3 Å². The Morgan fingerprint density at radius 3 is 2.79 bits per heavy atom. The molecule has 1 aliphatic rings. The van der Waals surface area contributed by atoms with Gasteiger partial charge in [-0.15, -0.1) is 0 Å². The number of carbonyl (C=O) groups is 1. The molecule has 104 valence electrons. The smallest absolute Gasteiger partial charge is 0.257 e. The third-order valence-corrected chi connectivity index (χ3v) is 3.64. The highest BCUT2D eigenvalue weighted by Gasteiger charge is 2.28. The van der Waals surface area contributed by atoms with E-state index in [-0.39, 0.29) is 12.0 Å². The van der Waals surface area contributed by atoms with Crippen molar-refractivity contribution in [1.82, 2.24) is 4.90 Å². The number of amides is 1. The fraction of sp³-hybridized carbons (Fsp3) is 0.462. The molecule has 1 aromatic carbocycles. The van der Waals surface area contributed by atoms with Crippen LogP contribution in [0.2, 0.25) is 5.02 Å². The lowest BCUT2D eigenvalue weighted by molar-refractivity contribution is 0.0721. The number of nitrogens with two attached hydrogens (primary N) is 1. The summed E-state index contributed by atoms with van der Waals surface area (Å²) in [6, 6.07) is 3.12. The SMILES string of the molecule is COc1cc(N)c(Cl)cc1C(=O)N1CCC(OC)C1. The standard InChI is InChI=1S/C13H17ClN2O3/c1-18-8-3-4-16(7-8)13(17)9-5-10(14)11(15)6-12(9)19-2/h5-6,8H,3-4,7,15H2,1-2H3. The zero-order chi connectivity index (χ0) is 14.0. The number of nitrogens with zero attached hydrogens (tertiary/aromatic N) is 1. The largest absolute Gasteiger partial charge is 0.496 e. The molecular formula is C13H17ClN2O3. The van der Waals surface area contributed by atoms with Gasteiger partial charge in [-0.05, 0) is 12.5 Å². The van der Waals surface area contributed by atoms with Gasteiger partial charge in [0.25, 0.3) is 5.91 Å². The van der Waals surface area contributed by atoms with Gasteiger partial charge in [0.05, 0.1) is 29.5 Å². The van der Waals surface area contributed by atoms with Gasteiger partial charge in [0.2, 0.25) is 0 Å². The van der Waals surface area contributed by atoms with E-state index in [0.717, 1.165) is 6.42 Å². The second kappa shape index (κ2) is 5.67. The highest BCUT2D eigenvalue weighted by atomic mass is 35.5. The minimum absolute atomic E-state index is 0.0965. The van der Waals surface area contributed by atoms with E-state index in [2.05, 4.69) is 0 Å². The Labute approximate surface area is 117 Å². The maximum atomic E-state index is 12.4. The van der Waals surface area contributed by atoms with Crippen LogP contribution in [0.4, 0.5) is 5.69 Å². The highest BCUT2D eigenvalue weighted by Crippen LogP contribution is 2.30. The van der Waals surface area contributed by atoms with Crippen LogP contribution in [0.1, 0.15) is 16.8 Å². The van der Waals surface area contributed by atoms with Crippen LogP contribution in [-0.2, 0) is 4.74 Å².